The molecule has 2 N–H and O–H groups in total. The molecule has 2 atom stereocenters. The molecule has 19 heavy (non-hydrogen) atoms. The maximum atomic E-state index is 12.2. The molecule has 0 saturated carbocycles. The molecule has 1 aliphatic heterocycles. The Labute approximate surface area is 118 Å². The van der Waals surface area contributed by atoms with Gasteiger partial charge in [0.05, 0.1) is 25.7 Å². The second kappa shape index (κ2) is 7.03. The highest BCUT2D eigenvalue weighted by atomic mass is 32.1. The number of aryl methyl sites for hydroxylation is 1. The van der Waals surface area contributed by atoms with Gasteiger partial charge in [-0.05, 0) is 36.9 Å². The van der Waals surface area contributed by atoms with Crippen LogP contribution in [0.5, 0.6) is 0 Å². The molecule has 1 fully saturated rings. The van der Waals surface area contributed by atoms with Gasteiger partial charge >= 0.3 is 0 Å². The smallest absolute Gasteiger partial charge is 0.227 e. The predicted octanol–water partition coefficient (Wildman–Crippen LogP) is 1.69. The minimum atomic E-state index is -0.0631. The number of hydrogen-bond donors (Lipinski definition) is 2. The van der Waals surface area contributed by atoms with E-state index in [4.69, 9.17) is 4.74 Å². The molecule has 2 unspecified atom stereocenters. The van der Waals surface area contributed by atoms with Crippen LogP contribution in [-0.4, -0.2) is 31.7 Å². The number of nitrogens with one attached hydrogen (secondary N) is 2. The van der Waals surface area contributed by atoms with Crippen molar-refractivity contribution in [1.29, 1.82) is 0 Å². The van der Waals surface area contributed by atoms with Crippen LogP contribution in [0.3, 0.4) is 0 Å². The van der Waals surface area contributed by atoms with Crippen LogP contribution in [0.25, 0.3) is 0 Å². The maximum Gasteiger partial charge on any atom is 0.227 e. The zero-order valence-corrected chi connectivity index (χ0v) is 12.4. The molecule has 4 nitrogen and oxygen atoms in total. The van der Waals surface area contributed by atoms with Crippen molar-refractivity contribution in [3.8, 4) is 0 Å². The zero-order valence-electron chi connectivity index (χ0n) is 11.6. The molecule has 106 valence electrons. The summed E-state index contributed by atoms with van der Waals surface area (Å²) in [5, 5.41) is 8.47. The lowest BCUT2D eigenvalue weighted by Crippen LogP contribution is -2.44. The van der Waals surface area contributed by atoms with E-state index in [2.05, 4.69) is 35.9 Å². The minimum Gasteiger partial charge on any atom is -0.379 e. The summed E-state index contributed by atoms with van der Waals surface area (Å²) in [7, 11) is 0. The van der Waals surface area contributed by atoms with E-state index in [1.54, 1.807) is 11.3 Å². The van der Waals surface area contributed by atoms with Gasteiger partial charge in [-0.15, -0.1) is 11.3 Å². The fraction of sp³-hybridized carbons (Fsp3) is 0.643. The molecule has 0 bridgehead atoms. The van der Waals surface area contributed by atoms with Crippen molar-refractivity contribution in [3.05, 3.63) is 21.9 Å². The van der Waals surface area contributed by atoms with Crippen LogP contribution in [0.2, 0.25) is 0 Å². The van der Waals surface area contributed by atoms with Crippen molar-refractivity contribution in [2.24, 2.45) is 5.92 Å². The van der Waals surface area contributed by atoms with Crippen LogP contribution < -0.4 is 10.6 Å². The van der Waals surface area contributed by atoms with Crippen molar-refractivity contribution >= 4 is 17.2 Å². The number of carbonyl (C=O) groups excluding carboxylic acids is 1. The Morgan fingerprint density at radius 3 is 3.05 bits per heavy atom. The minimum absolute atomic E-state index is 0.0631. The van der Waals surface area contributed by atoms with E-state index in [9.17, 15) is 4.79 Å². The van der Waals surface area contributed by atoms with Crippen molar-refractivity contribution in [2.45, 2.75) is 32.9 Å². The summed E-state index contributed by atoms with van der Waals surface area (Å²) in [5.74, 6) is 0.0331. The Morgan fingerprint density at radius 2 is 2.37 bits per heavy atom. The normalized spacial score (nSPS) is 22.6. The van der Waals surface area contributed by atoms with Crippen LogP contribution in [0, 0.1) is 12.8 Å². The third kappa shape index (κ3) is 3.78. The van der Waals surface area contributed by atoms with E-state index in [-0.39, 0.29) is 17.9 Å². The van der Waals surface area contributed by atoms with Crippen LogP contribution in [-0.2, 0) is 16.1 Å². The van der Waals surface area contributed by atoms with Gasteiger partial charge in [0.1, 0.15) is 0 Å². The average Bonchev–Trinajstić information content (AvgIpc) is 3.02. The molecule has 1 aromatic rings. The van der Waals surface area contributed by atoms with E-state index in [0.29, 0.717) is 19.8 Å². The van der Waals surface area contributed by atoms with Crippen molar-refractivity contribution in [1.82, 2.24) is 10.6 Å². The fourth-order valence-corrected chi connectivity index (χ4v) is 3.07. The third-order valence-electron chi connectivity index (χ3n) is 3.47. The van der Waals surface area contributed by atoms with Gasteiger partial charge in [0.2, 0.25) is 5.91 Å². The predicted molar refractivity (Wildman–Crippen MR) is 77.3 cm³/mol. The molecular formula is C14H22N2O2S. The number of thiophene rings is 1. The van der Waals surface area contributed by atoms with Gasteiger partial charge in [-0.2, -0.15) is 0 Å². The van der Waals surface area contributed by atoms with Crippen LogP contribution in [0.15, 0.2) is 11.4 Å². The summed E-state index contributed by atoms with van der Waals surface area (Å²) in [6, 6.07) is 2.24. The molecule has 2 heterocycles. The standard InChI is InChI=1S/C14H22N2O2S/c1-3-5-15-12-9-18-8-11(12)14(17)16-7-13-10(2)4-6-19-13/h4,6,11-12,15H,3,5,7-9H2,1-2H3,(H,16,17). The Hall–Kier alpha value is -0.910. The van der Waals surface area contributed by atoms with E-state index in [1.807, 2.05) is 0 Å². The molecule has 1 amide bonds. The maximum absolute atomic E-state index is 12.2. The van der Waals surface area contributed by atoms with Gasteiger partial charge in [-0.1, -0.05) is 6.92 Å². The second-order valence-electron chi connectivity index (χ2n) is 4.95. The first-order chi connectivity index (χ1) is 9.22. The fourth-order valence-electron chi connectivity index (χ4n) is 2.23. The highest BCUT2D eigenvalue weighted by Crippen LogP contribution is 2.17. The summed E-state index contributed by atoms with van der Waals surface area (Å²) in [6.45, 7) is 6.91. The molecule has 1 saturated heterocycles. The average molecular weight is 282 g/mol. The van der Waals surface area contributed by atoms with Crippen LogP contribution in [0.1, 0.15) is 23.8 Å². The Kier molecular flexibility index (Phi) is 5.36. The quantitative estimate of drug-likeness (QED) is 0.835. The number of amides is 1. The first-order valence-corrected chi connectivity index (χ1v) is 7.72. The van der Waals surface area contributed by atoms with Gasteiger partial charge in [-0.25, -0.2) is 0 Å². The molecule has 5 heteroatoms. The summed E-state index contributed by atoms with van der Waals surface area (Å²) >= 11 is 1.69. The number of hydrogen-bond acceptors (Lipinski definition) is 4. The van der Waals surface area contributed by atoms with E-state index in [1.165, 1.54) is 10.4 Å². The lowest BCUT2D eigenvalue weighted by Gasteiger charge is -2.18. The zero-order chi connectivity index (χ0) is 13.7. The lowest BCUT2D eigenvalue weighted by molar-refractivity contribution is -0.125. The number of carbonyl (C=O) groups is 1. The Morgan fingerprint density at radius 1 is 1.53 bits per heavy atom. The summed E-state index contributed by atoms with van der Waals surface area (Å²) in [6.07, 6.45) is 1.07. The van der Waals surface area contributed by atoms with Crippen LogP contribution in [0.4, 0.5) is 0 Å². The van der Waals surface area contributed by atoms with Gasteiger partial charge < -0.3 is 15.4 Å². The van der Waals surface area contributed by atoms with Crippen LogP contribution >= 0.6 is 11.3 Å². The molecule has 2 rings (SSSR count). The SMILES string of the molecule is CCCNC1COCC1C(=O)NCc1sccc1C. The van der Waals surface area contributed by atoms with E-state index >= 15 is 0 Å². The molecule has 1 aromatic heterocycles. The highest BCUT2D eigenvalue weighted by Gasteiger charge is 2.33. The van der Waals surface area contributed by atoms with Crippen molar-refractivity contribution in [2.75, 3.05) is 19.8 Å². The highest BCUT2D eigenvalue weighted by molar-refractivity contribution is 7.10. The lowest BCUT2D eigenvalue weighted by atomic mass is 10.0. The molecule has 0 aromatic carbocycles. The van der Waals surface area contributed by atoms with Crippen molar-refractivity contribution in [3.63, 3.8) is 0 Å². The topological polar surface area (TPSA) is 50.4 Å². The molecule has 0 spiro atoms. The van der Waals surface area contributed by atoms with E-state index < -0.39 is 0 Å². The third-order valence-corrected chi connectivity index (χ3v) is 4.49. The second-order valence-corrected chi connectivity index (χ2v) is 5.95. The van der Waals surface area contributed by atoms with Gasteiger partial charge in [0, 0.05) is 10.9 Å². The first kappa shape index (κ1) is 14.5. The Bertz CT molecular complexity index is 419. The summed E-state index contributed by atoms with van der Waals surface area (Å²) in [4.78, 5) is 13.4. The Balaban J connectivity index is 1.83. The van der Waals surface area contributed by atoms with Crippen molar-refractivity contribution < 1.29 is 9.53 Å². The first-order valence-electron chi connectivity index (χ1n) is 6.84. The number of rotatable bonds is 6. The van der Waals surface area contributed by atoms with Gasteiger partial charge in [-0.3, -0.25) is 4.79 Å². The summed E-state index contributed by atoms with van der Waals surface area (Å²) < 4.78 is 5.43. The molecular weight excluding hydrogens is 260 g/mol. The van der Waals surface area contributed by atoms with Gasteiger partial charge in [0.15, 0.2) is 0 Å². The van der Waals surface area contributed by atoms with E-state index in [0.717, 1.165) is 13.0 Å². The largest absolute Gasteiger partial charge is 0.379 e. The van der Waals surface area contributed by atoms with Gasteiger partial charge in [0.25, 0.3) is 0 Å². The molecule has 0 aliphatic carbocycles. The molecule has 1 aliphatic rings. The number of ether oxygens (including phenoxy) is 1. The molecule has 0 radical (unpaired) electrons. The summed E-state index contributed by atoms with van der Waals surface area (Å²) in [5.41, 5.74) is 1.24. The monoisotopic (exact) mass is 282 g/mol.